The van der Waals surface area contributed by atoms with E-state index < -0.39 is 0 Å². The van der Waals surface area contributed by atoms with Crippen LogP contribution in [0, 0.1) is 27.7 Å². The van der Waals surface area contributed by atoms with Crippen molar-refractivity contribution in [3.8, 4) is 0 Å². The van der Waals surface area contributed by atoms with Crippen molar-refractivity contribution in [3.63, 3.8) is 0 Å². The Morgan fingerprint density at radius 1 is 0.560 bits per heavy atom. The number of benzene rings is 2. The summed E-state index contributed by atoms with van der Waals surface area (Å²) in [6, 6.07) is 21.5. The van der Waals surface area contributed by atoms with Crippen LogP contribution in [0.3, 0.4) is 0 Å². The number of rotatable bonds is 0. The van der Waals surface area contributed by atoms with E-state index >= 15 is 0 Å². The number of aryl methyl sites for hydroxylation is 4. The molecule has 0 heterocycles. The van der Waals surface area contributed by atoms with E-state index in [1.165, 1.54) is 43.8 Å². The summed E-state index contributed by atoms with van der Waals surface area (Å²) >= 11 is 0. The molecule has 0 fully saturated rings. The van der Waals surface area contributed by atoms with Gasteiger partial charge in [0.15, 0.2) is 0 Å². The number of fused-ring (bicyclic) bond motifs is 2. The second kappa shape index (κ2) is 10.2. The molecular weight excluding hydrogens is 383 g/mol. The molecule has 4 aromatic rings. The summed E-state index contributed by atoms with van der Waals surface area (Å²) in [6.07, 6.45) is 0. The summed E-state index contributed by atoms with van der Waals surface area (Å²) in [5.41, 5.74) is 5.62. The monoisotopic (exact) mass is 404 g/mol. The molecule has 0 aliphatic heterocycles. The Morgan fingerprint density at radius 2 is 0.880 bits per heavy atom. The predicted octanol–water partition coefficient (Wildman–Crippen LogP) is 0.357. The molecular formula is C22H22Cl2Ti. The largest absolute Gasteiger partial charge is 4.00 e. The molecule has 0 radical (unpaired) electrons. The van der Waals surface area contributed by atoms with Crippen molar-refractivity contribution in [1.29, 1.82) is 0 Å². The van der Waals surface area contributed by atoms with Gasteiger partial charge in [-0.2, -0.15) is 11.1 Å². The zero-order valence-corrected chi connectivity index (χ0v) is 18.1. The van der Waals surface area contributed by atoms with Gasteiger partial charge in [0.1, 0.15) is 0 Å². The molecule has 0 nitrogen and oxygen atoms in total. The van der Waals surface area contributed by atoms with Crippen LogP contribution >= 0.6 is 0 Å². The Balaban J connectivity index is 0.000000411. The molecule has 0 amide bonds. The molecule has 0 bridgehead atoms. The van der Waals surface area contributed by atoms with E-state index in [4.69, 9.17) is 0 Å². The van der Waals surface area contributed by atoms with Gasteiger partial charge in [0.2, 0.25) is 0 Å². The van der Waals surface area contributed by atoms with Crippen LogP contribution in [0.4, 0.5) is 0 Å². The second-order valence-corrected chi connectivity index (χ2v) is 6.08. The molecule has 0 saturated heterocycles. The number of hydrogen-bond acceptors (Lipinski definition) is 0. The minimum atomic E-state index is 0. The minimum Gasteiger partial charge on any atom is -1.00 e. The van der Waals surface area contributed by atoms with Crippen molar-refractivity contribution >= 4 is 21.5 Å². The van der Waals surface area contributed by atoms with Gasteiger partial charge in [0, 0.05) is 0 Å². The molecule has 0 spiro atoms. The smallest absolute Gasteiger partial charge is 1.00 e. The van der Waals surface area contributed by atoms with Gasteiger partial charge in [-0.15, -0.1) is 81.2 Å². The van der Waals surface area contributed by atoms with Crippen LogP contribution in [0.1, 0.15) is 22.3 Å². The molecule has 0 unspecified atom stereocenters. The van der Waals surface area contributed by atoms with Crippen LogP contribution in [0.5, 0.6) is 0 Å². The van der Waals surface area contributed by atoms with E-state index in [9.17, 15) is 0 Å². The fraction of sp³-hybridized carbons (Fsp3) is 0.182. The molecule has 128 valence electrons. The normalized spacial score (nSPS) is 9.44. The SMILES string of the molecule is Cc1[cH-]c2ccccc2c1C.Cc1[cH-]c2ccccc2c1C.[Cl-].[Cl-].[Ti+4]. The Bertz CT molecular complexity index is 854. The van der Waals surface area contributed by atoms with Gasteiger partial charge in [-0.3, -0.25) is 0 Å². The first-order valence-corrected chi connectivity index (χ1v) is 7.81. The summed E-state index contributed by atoms with van der Waals surface area (Å²) < 4.78 is 0. The molecule has 0 aliphatic rings. The van der Waals surface area contributed by atoms with Gasteiger partial charge >= 0.3 is 21.7 Å². The molecule has 0 N–H and O–H groups in total. The van der Waals surface area contributed by atoms with Crippen LogP contribution < -0.4 is 24.8 Å². The third kappa shape index (κ3) is 4.99. The molecule has 4 aromatic carbocycles. The van der Waals surface area contributed by atoms with Crippen LogP contribution in [-0.2, 0) is 21.7 Å². The van der Waals surface area contributed by atoms with Crippen molar-refractivity contribution in [2.75, 3.05) is 0 Å². The van der Waals surface area contributed by atoms with Crippen molar-refractivity contribution in [2.24, 2.45) is 0 Å². The van der Waals surface area contributed by atoms with E-state index in [0.29, 0.717) is 0 Å². The van der Waals surface area contributed by atoms with Gasteiger partial charge in [-0.1, -0.05) is 39.8 Å². The maximum atomic E-state index is 2.24. The average Bonchev–Trinajstić information content (AvgIpc) is 2.98. The first-order valence-electron chi connectivity index (χ1n) is 7.81. The van der Waals surface area contributed by atoms with E-state index in [1.807, 2.05) is 0 Å². The van der Waals surface area contributed by atoms with Crippen LogP contribution in [0.15, 0.2) is 60.7 Å². The van der Waals surface area contributed by atoms with E-state index in [1.54, 1.807) is 0 Å². The Hall–Kier alpha value is -1.05. The molecule has 4 rings (SSSR count). The summed E-state index contributed by atoms with van der Waals surface area (Å²) in [6.45, 7) is 8.68. The Kier molecular flexibility index (Phi) is 9.76. The molecule has 25 heavy (non-hydrogen) atoms. The molecule has 0 aliphatic carbocycles. The third-order valence-electron chi connectivity index (χ3n) is 4.66. The molecule has 0 saturated carbocycles. The van der Waals surface area contributed by atoms with Crippen LogP contribution in [0.2, 0.25) is 0 Å². The third-order valence-corrected chi connectivity index (χ3v) is 4.66. The molecule has 3 heteroatoms. The first-order chi connectivity index (χ1) is 10.6. The van der Waals surface area contributed by atoms with E-state index in [2.05, 4.69) is 88.4 Å². The topological polar surface area (TPSA) is 0 Å². The zero-order valence-electron chi connectivity index (χ0n) is 15.0. The number of hydrogen-bond donors (Lipinski definition) is 0. The van der Waals surface area contributed by atoms with Crippen LogP contribution in [-0.4, -0.2) is 0 Å². The van der Waals surface area contributed by atoms with Gasteiger partial charge in [0.05, 0.1) is 0 Å². The van der Waals surface area contributed by atoms with Crippen LogP contribution in [0.25, 0.3) is 21.5 Å². The quantitative estimate of drug-likeness (QED) is 0.293. The summed E-state index contributed by atoms with van der Waals surface area (Å²) in [7, 11) is 0. The second-order valence-electron chi connectivity index (χ2n) is 6.08. The summed E-state index contributed by atoms with van der Waals surface area (Å²) in [5.74, 6) is 0. The van der Waals surface area contributed by atoms with E-state index in [-0.39, 0.29) is 46.5 Å². The maximum Gasteiger partial charge on any atom is 4.00 e. The Labute approximate surface area is 178 Å². The summed E-state index contributed by atoms with van der Waals surface area (Å²) in [5, 5.41) is 5.51. The zero-order chi connectivity index (χ0) is 15.7. The van der Waals surface area contributed by atoms with Gasteiger partial charge in [-0.25, -0.2) is 0 Å². The predicted molar refractivity (Wildman–Crippen MR) is 98.0 cm³/mol. The van der Waals surface area contributed by atoms with Crippen molar-refractivity contribution < 1.29 is 46.5 Å². The van der Waals surface area contributed by atoms with Crippen molar-refractivity contribution in [3.05, 3.63) is 82.9 Å². The Morgan fingerprint density at radius 3 is 1.20 bits per heavy atom. The summed E-state index contributed by atoms with van der Waals surface area (Å²) in [4.78, 5) is 0. The van der Waals surface area contributed by atoms with E-state index in [0.717, 1.165) is 0 Å². The van der Waals surface area contributed by atoms with Gasteiger partial charge < -0.3 is 24.8 Å². The minimum absolute atomic E-state index is 0. The fourth-order valence-electron chi connectivity index (χ4n) is 3.04. The van der Waals surface area contributed by atoms with Gasteiger partial charge in [-0.05, 0) is 0 Å². The average molecular weight is 405 g/mol. The molecule has 0 aromatic heterocycles. The fourth-order valence-corrected chi connectivity index (χ4v) is 3.04. The maximum absolute atomic E-state index is 2.24. The number of halogens is 2. The first kappa shape index (κ1) is 24.0. The molecule has 0 atom stereocenters. The van der Waals surface area contributed by atoms with Crippen molar-refractivity contribution in [2.45, 2.75) is 27.7 Å². The van der Waals surface area contributed by atoms with Gasteiger partial charge in [0.25, 0.3) is 0 Å². The van der Waals surface area contributed by atoms with Crippen molar-refractivity contribution in [1.82, 2.24) is 0 Å². The standard InChI is InChI=1S/2C11H11.2ClH.Ti/c2*1-8-7-10-5-3-4-6-11(10)9(8)2;;;/h2*3-7H,1-2H3;2*1H;/q2*-1;;;+4/p-2.